The summed E-state index contributed by atoms with van der Waals surface area (Å²) in [5, 5.41) is 23.1. The van der Waals surface area contributed by atoms with Crippen molar-refractivity contribution in [3.8, 4) is 0 Å². The monoisotopic (exact) mass is 709 g/mol. The molecule has 18 nitrogen and oxygen atoms in total. The number of nitrogens with one attached hydrogen (secondary N) is 5. The van der Waals surface area contributed by atoms with E-state index in [0.29, 0.717) is 32.2 Å². The van der Waals surface area contributed by atoms with Gasteiger partial charge in [0.05, 0.1) is 12.5 Å². The minimum atomic E-state index is -1.30. The fourth-order valence-electron chi connectivity index (χ4n) is 6.16. The second-order valence-corrected chi connectivity index (χ2v) is 13.3. The van der Waals surface area contributed by atoms with Gasteiger partial charge in [0, 0.05) is 53.0 Å². The number of unbranched alkanes of at least 4 members (excludes halogenated alkanes) is 2. The highest BCUT2D eigenvalue weighted by atomic mass is 16.3. The lowest BCUT2D eigenvalue weighted by molar-refractivity contribution is -0.143. The summed E-state index contributed by atoms with van der Waals surface area (Å²) in [5.41, 5.74) is 11.2. The van der Waals surface area contributed by atoms with Crippen LogP contribution in [0.2, 0.25) is 0 Å². The molecule has 50 heavy (non-hydrogen) atoms. The van der Waals surface area contributed by atoms with Crippen molar-refractivity contribution in [3.63, 3.8) is 0 Å². The maximum absolute atomic E-state index is 13.6. The first kappa shape index (κ1) is 41.8. The second-order valence-electron chi connectivity index (χ2n) is 13.3. The topological polar surface area (TPSA) is 275 Å². The zero-order valence-corrected chi connectivity index (χ0v) is 29.5. The van der Waals surface area contributed by atoms with Gasteiger partial charge in [-0.05, 0) is 38.0 Å². The summed E-state index contributed by atoms with van der Waals surface area (Å²) in [5.74, 6) is -4.60. The number of aliphatic hydroxyl groups excluding tert-OH is 1. The van der Waals surface area contributed by atoms with Gasteiger partial charge in [-0.1, -0.05) is 20.3 Å². The van der Waals surface area contributed by atoms with E-state index in [0.717, 1.165) is 0 Å². The molecule has 0 radical (unpaired) electrons. The molecule has 0 aliphatic carbocycles. The van der Waals surface area contributed by atoms with Gasteiger partial charge in [-0.25, -0.2) is 0 Å². The van der Waals surface area contributed by atoms with E-state index in [1.54, 1.807) is 0 Å². The summed E-state index contributed by atoms with van der Waals surface area (Å²) < 4.78 is 0. The van der Waals surface area contributed by atoms with Crippen LogP contribution in [0.3, 0.4) is 0 Å². The number of carbonyl (C=O) groups is 8. The maximum atomic E-state index is 13.6. The zero-order chi connectivity index (χ0) is 37.5. The van der Waals surface area contributed by atoms with E-state index in [-0.39, 0.29) is 57.1 Å². The maximum Gasteiger partial charge on any atom is 0.246 e. The third kappa shape index (κ3) is 12.9. The molecule has 2 rings (SSSR count). The van der Waals surface area contributed by atoms with Crippen molar-refractivity contribution < 1.29 is 43.5 Å². The van der Waals surface area contributed by atoms with Crippen molar-refractivity contribution in [2.24, 2.45) is 17.4 Å². The molecular weight excluding hydrogens is 654 g/mol. The summed E-state index contributed by atoms with van der Waals surface area (Å²) in [6, 6.07) is -5.60. The van der Waals surface area contributed by atoms with Crippen molar-refractivity contribution in [3.05, 3.63) is 0 Å². The smallest absolute Gasteiger partial charge is 0.246 e. The number of amides is 8. The van der Waals surface area contributed by atoms with Crippen molar-refractivity contribution in [2.75, 3.05) is 33.2 Å². The summed E-state index contributed by atoms with van der Waals surface area (Å²) in [6.45, 7) is 5.32. The van der Waals surface area contributed by atoms with Gasteiger partial charge >= 0.3 is 0 Å². The number of likely N-dealkylation sites (N-methyl/N-ethyl adjacent to an activating group) is 1. The lowest BCUT2D eigenvalue weighted by Crippen LogP contribution is -2.60. The summed E-state index contributed by atoms with van der Waals surface area (Å²) >= 11 is 0. The van der Waals surface area contributed by atoms with E-state index >= 15 is 0 Å². The Morgan fingerprint density at radius 1 is 0.860 bits per heavy atom. The van der Waals surface area contributed by atoms with Crippen LogP contribution in [0, 0.1) is 5.92 Å². The van der Waals surface area contributed by atoms with E-state index in [1.165, 1.54) is 23.8 Å². The van der Waals surface area contributed by atoms with Crippen molar-refractivity contribution in [1.29, 1.82) is 0 Å². The van der Waals surface area contributed by atoms with Gasteiger partial charge in [0.2, 0.25) is 47.3 Å². The average molecular weight is 710 g/mol. The van der Waals surface area contributed by atoms with Gasteiger partial charge in [0.25, 0.3) is 0 Å². The fraction of sp³-hybridized carbons (Fsp3) is 0.750. The molecule has 0 aromatic carbocycles. The Labute approximate surface area is 292 Å². The van der Waals surface area contributed by atoms with Crippen LogP contribution in [0.15, 0.2) is 0 Å². The average Bonchev–Trinajstić information content (AvgIpc) is 3.70. The molecule has 2 fully saturated rings. The molecule has 2 aliphatic rings. The number of carbonyl (C=O) groups excluding carboxylic acids is 8. The number of rotatable bonds is 19. The second kappa shape index (κ2) is 20.4. The van der Waals surface area contributed by atoms with Gasteiger partial charge in [0.15, 0.2) is 0 Å². The van der Waals surface area contributed by atoms with Crippen LogP contribution in [-0.2, 0) is 38.4 Å². The standard InChI is InChI=1S/C32H55N9O9/c1-18(2)13-21(32(50)41-17-20(43)14-25(41)29(47)35-4)38-28(46)23(16-33)39-30(48)24-9-8-12-40(24)31(49)22(15-26(34)44)37-27(45)10-6-5-7-11-36-19(3)42/h18,20-25,43H,5-17,33H2,1-4H3,(H2,34,44)(H,35,47)(H,36,42)(H,37,45)(H,38,46)(H,39,48)/t20-,21+,22+,23+,24+,25+/m1/s1. The van der Waals surface area contributed by atoms with Gasteiger partial charge in [-0.3, -0.25) is 38.4 Å². The van der Waals surface area contributed by atoms with Gasteiger partial charge in [0.1, 0.15) is 30.2 Å². The number of aliphatic hydroxyl groups is 1. The Kier molecular flexibility index (Phi) is 17.1. The number of nitrogens with zero attached hydrogens (tertiary/aromatic N) is 2. The Balaban J connectivity index is 2.08. The van der Waals surface area contributed by atoms with Crippen molar-refractivity contribution in [2.45, 2.75) is 115 Å². The lowest BCUT2D eigenvalue weighted by Gasteiger charge is -2.31. The molecule has 6 atom stereocenters. The Hall–Kier alpha value is -4.32. The fourth-order valence-corrected chi connectivity index (χ4v) is 6.16. The predicted molar refractivity (Wildman–Crippen MR) is 180 cm³/mol. The number of β-amino-alcohol motifs (C(OH)–C–C–N with tert-alkyl or cyclic N) is 1. The molecule has 10 N–H and O–H groups in total. The van der Waals surface area contributed by atoms with Crippen molar-refractivity contribution >= 4 is 47.3 Å². The molecule has 0 aromatic heterocycles. The number of likely N-dealkylation sites (tertiary alicyclic amines) is 2. The number of hydrogen-bond acceptors (Lipinski definition) is 10. The summed E-state index contributed by atoms with van der Waals surface area (Å²) in [7, 11) is 1.42. The molecule has 0 saturated carbocycles. The highest BCUT2D eigenvalue weighted by Crippen LogP contribution is 2.22. The lowest BCUT2D eigenvalue weighted by atomic mass is 10.0. The van der Waals surface area contributed by atoms with Crippen molar-refractivity contribution in [1.82, 2.24) is 36.4 Å². The van der Waals surface area contributed by atoms with Crippen LogP contribution in [-0.4, -0.2) is 132 Å². The molecule has 2 aliphatic heterocycles. The van der Waals surface area contributed by atoms with Crippen LogP contribution in [0.4, 0.5) is 0 Å². The number of nitrogens with two attached hydrogens (primary N) is 2. The van der Waals surface area contributed by atoms with Crippen LogP contribution < -0.4 is 38.1 Å². The molecule has 2 heterocycles. The number of primary amides is 1. The van der Waals surface area contributed by atoms with E-state index in [4.69, 9.17) is 11.5 Å². The number of hydrogen-bond donors (Lipinski definition) is 8. The molecule has 0 spiro atoms. The third-order valence-electron chi connectivity index (χ3n) is 8.63. The van der Waals surface area contributed by atoms with Crippen LogP contribution in [0.5, 0.6) is 0 Å². The first-order chi connectivity index (χ1) is 23.6. The predicted octanol–water partition coefficient (Wildman–Crippen LogP) is -3.28. The van der Waals surface area contributed by atoms with E-state index in [9.17, 15) is 43.5 Å². The molecule has 0 bridgehead atoms. The molecule has 2 saturated heterocycles. The molecule has 282 valence electrons. The first-order valence-corrected chi connectivity index (χ1v) is 17.2. The Bertz CT molecular complexity index is 1250. The highest BCUT2D eigenvalue weighted by molar-refractivity contribution is 5.97. The molecule has 0 aromatic rings. The Morgan fingerprint density at radius 3 is 2.14 bits per heavy atom. The van der Waals surface area contributed by atoms with E-state index in [1.807, 2.05) is 13.8 Å². The molecular formula is C32H55N9O9. The van der Waals surface area contributed by atoms with Gasteiger partial charge in [-0.2, -0.15) is 0 Å². The minimum absolute atomic E-state index is 0.0525. The zero-order valence-electron chi connectivity index (χ0n) is 29.5. The van der Waals surface area contributed by atoms with Crippen LogP contribution >= 0.6 is 0 Å². The summed E-state index contributed by atoms with van der Waals surface area (Å²) in [4.78, 5) is 104. The highest BCUT2D eigenvalue weighted by Gasteiger charge is 2.42. The molecule has 18 heteroatoms. The van der Waals surface area contributed by atoms with Crippen LogP contribution in [0.25, 0.3) is 0 Å². The van der Waals surface area contributed by atoms with Crippen LogP contribution in [0.1, 0.15) is 78.6 Å². The SMILES string of the molecule is CNC(=O)[C@@H]1C[C@@H](O)CN1C(=O)[C@H](CC(C)C)NC(=O)[C@H](CN)NC(=O)[C@@H]1CCCN1C(=O)[C@H](CC(N)=O)NC(=O)CCCCCNC(C)=O. The first-order valence-electron chi connectivity index (χ1n) is 17.2. The molecule has 0 unspecified atom stereocenters. The van der Waals surface area contributed by atoms with Gasteiger partial charge in [-0.15, -0.1) is 0 Å². The van der Waals surface area contributed by atoms with E-state index in [2.05, 4.69) is 26.6 Å². The largest absolute Gasteiger partial charge is 0.391 e. The molecule has 8 amide bonds. The quantitative estimate of drug-likeness (QED) is 0.0619. The minimum Gasteiger partial charge on any atom is -0.391 e. The summed E-state index contributed by atoms with van der Waals surface area (Å²) in [6.07, 6.45) is 1.43. The third-order valence-corrected chi connectivity index (χ3v) is 8.63. The van der Waals surface area contributed by atoms with E-state index < -0.39 is 84.1 Å². The van der Waals surface area contributed by atoms with Gasteiger partial charge < -0.3 is 53.0 Å². The normalized spacial score (nSPS) is 20.4. The Morgan fingerprint density at radius 2 is 1.54 bits per heavy atom.